The fourth-order valence-electron chi connectivity index (χ4n) is 2.40. The highest BCUT2D eigenvalue weighted by molar-refractivity contribution is 7.12. The summed E-state index contributed by atoms with van der Waals surface area (Å²) >= 11 is 1.34. The molecule has 2 amide bonds. The second-order valence-electron chi connectivity index (χ2n) is 5.96. The summed E-state index contributed by atoms with van der Waals surface area (Å²) in [6.45, 7) is 6.18. The molecule has 0 bridgehead atoms. The molecule has 1 aromatic carbocycles. The lowest BCUT2D eigenvalue weighted by atomic mass is 10.0. The number of hydrogen-bond acceptors (Lipinski definition) is 5. The Morgan fingerprint density at radius 1 is 1.19 bits per heavy atom. The lowest BCUT2D eigenvalue weighted by Crippen LogP contribution is -2.46. The third-order valence-electron chi connectivity index (χ3n) is 3.71. The quantitative estimate of drug-likeness (QED) is 0.739. The Balaban J connectivity index is 2.11. The molecule has 26 heavy (non-hydrogen) atoms. The summed E-state index contributed by atoms with van der Waals surface area (Å²) in [5.74, 6) is 0.547. The van der Waals surface area contributed by atoms with Crippen LogP contribution in [0.15, 0.2) is 35.7 Å². The lowest BCUT2D eigenvalue weighted by molar-refractivity contribution is -0.118. The van der Waals surface area contributed by atoms with Gasteiger partial charge in [-0.05, 0) is 36.4 Å². The van der Waals surface area contributed by atoms with E-state index in [1.54, 1.807) is 37.4 Å². The Morgan fingerprint density at radius 2 is 1.96 bits per heavy atom. The first kappa shape index (κ1) is 19.8. The number of carbonyl (C=O) groups is 2. The standard InChI is InChI=1S/C19H24N2O4S/c1-5-25-14-9-8-13(11-15(14)24-4)20-19(23)17(12(2)3)21-18(22)16-7-6-10-26-16/h6-12,17H,5H2,1-4H3,(H,20,23)(H,21,22)/t17-/m0/s1. The average molecular weight is 376 g/mol. The van der Waals surface area contributed by atoms with Crippen molar-refractivity contribution < 1.29 is 19.1 Å². The summed E-state index contributed by atoms with van der Waals surface area (Å²) < 4.78 is 10.8. The molecule has 0 radical (unpaired) electrons. The third-order valence-corrected chi connectivity index (χ3v) is 4.58. The molecule has 0 unspecified atom stereocenters. The topological polar surface area (TPSA) is 76.7 Å². The molecule has 0 fully saturated rings. The Bertz CT molecular complexity index is 744. The van der Waals surface area contributed by atoms with Crippen molar-refractivity contribution in [3.8, 4) is 11.5 Å². The van der Waals surface area contributed by atoms with Crippen LogP contribution in [0.25, 0.3) is 0 Å². The van der Waals surface area contributed by atoms with Gasteiger partial charge in [-0.2, -0.15) is 0 Å². The normalized spacial score (nSPS) is 11.7. The molecule has 2 N–H and O–H groups in total. The Hall–Kier alpha value is -2.54. The van der Waals surface area contributed by atoms with E-state index in [0.29, 0.717) is 28.7 Å². The number of amides is 2. The highest BCUT2D eigenvalue weighted by atomic mass is 32.1. The van der Waals surface area contributed by atoms with E-state index in [2.05, 4.69) is 10.6 Å². The first-order valence-electron chi connectivity index (χ1n) is 8.42. The highest BCUT2D eigenvalue weighted by Crippen LogP contribution is 2.30. The first-order valence-corrected chi connectivity index (χ1v) is 9.30. The van der Waals surface area contributed by atoms with Crippen molar-refractivity contribution in [2.75, 3.05) is 19.0 Å². The molecule has 0 saturated carbocycles. The van der Waals surface area contributed by atoms with Crippen LogP contribution in [0.1, 0.15) is 30.4 Å². The molecule has 0 aliphatic heterocycles. The number of thiophene rings is 1. The van der Waals surface area contributed by atoms with Crippen molar-refractivity contribution in [2.45, 2.75) is 26.8 Å². The highest BCUT2D eigenvalue weighted by Gasteiger charge is 2.25. The number of anilines is 1. The molecule has 1 aromatic heterocycles. The van der Waals surface area contributed by atoms with Crippen LogP contribution in [0, 0.1) is 5.92 Å². The van der Waals surface area contributed by atoms with E-state index in [4.69, 9.17) is 9.47 Å². The molecule has 7 heteroatoms. The summed E-state index contributed by atoms with van der Waals surface area (Å²) in [6, 6.07) is 8.06. The number of ether oxygens (including phenoxy) is 2. The second kappa shape index (κ2) is 9.24. The van der Waals surface area contributed by atoms with Crippen molar-refractivity contribution in [3.63, 3.8) is 0 Å². The van der Waals surface area contributed by atoms with Crippen molar-refractivity contribution in [1.29, 1.82) is 0 Å². The number of benzene rings is 1. The largest absolute Gasteiger partial charge is 0.493 e. The van der Waals surface area contributed by atoms with Crippen LogP contribution in [0.2, 0.25) is 0 Å². The van der Waals surface area contributed by atoms with Crippen LogP contribution in [0.5, 0.6) is 11.5 Å². The van der Waals surface area contributed by atoms with Crippen LogP contribution >= 0.6 is 11.3 Å². The predicted molar refractivity (Wildman–Crippen MR) is 103 cm³/mol. The molecule has 1 atom stereocenters. The number of nitrogens with one attached hydrogen (secondary N) is 2. The van der Waals surface area contributed by atoms with E-state index in [-0.39, 0.29) is 17.7 Å². The fraction of sp³-hybridized carbons (Fsp3) is 0.368. The Kier molecular flexibility index (Phi) is 7.03. The smallest absolute Gasteiger partial charge is 0.262 e. The molecule has 0 aliphatic carbocycles. The van der Waals surface area contributed by atoms with Gasteiger partial charge in [0.25, 0.3) is 5.91 Å². The molecule has 0 spiro atoms. The van der Waals surface area contributed by atoms with Gasteiger partial charge in [-0.15, -0.1) is 11.3 Å². The van der Waals surface area contributed by atoms with E-state index in [1.165, 1.54) is 11.3 Å². The van der Waals surface area contributed by atoms with Gasteiger partial charge in [-0.25, -0.2) is 0 Å². The summed E-state index contributed by atoms with van der Waals surface area (Å²) in [7, 11) is 1.54. The molecular formula is C19H24N2O4S. The van der Waals surface area contributed by atoms with E-state index >= 15 is 0 Å². The molecule has 140 valence electrons. The lowest BCUT2D eigenvalue weighted by Gasteiger charge is -2.21. The number of methoxy groups -OCH3 is 1. The first-order chi connectivity index (χ1) is 12.5. The molecule has 1 heterocycles. The maximum atomic E-state index is 12.7. The van der Waals surface area contributed by atoms with Crippen molar-refractivity contribution >= 4 is 28.8 Å². The van der Waals surface area contributed by atoms with Gasteiger partial charge in [0.2, 0.25) is 5.91 Å². The monoisotopic (exact) mass is 376 g/mol. The van der Waals surface area contributed by atoms with E-state index in [9.17, 15) is 9.59 Å². The van der Waals surface area contributed by atoms with Crippen LogP contribution < -0.4 is 20.1 Å². The molecule has 2 rings (SSSR count). The van der Waals surface area contributed by atoms with E-state index in [1.807, 2.05) is 26.2 Å². The van der Waals surface area contributed by atoms with Gasteiger partial charge in [-0.1, -0.05) is 19.9 Å². The zero-order valence-corrected chi connectivity index (χ0v) is 16.2. The van der Waals surface area contributed by atoms with Crippen LogP contribution in [-0.4, -0.2) is 31.6 Å². The van der Waals surface area contributed by atoms with Gasteiger partial charge in [-0.3, -0.25) is 9.59 Å². The van der Waals surface area contributed by atoms with Crippen molar-refractivity contribution in [1.82, 2.24) is 5.32 Å². The maximum Gasteiger partial charge on any atom is 0.262 e. The van der Waals surface area contributed by atoms with Crippen LogP contribution in [-0.2, 0) is 4.79 Å². The van der Waals surface area contributed by atoms with Crippen molar-refractivity contribution in [2.24, 2.45) is 5.92 Å². The molecular weight excluding hydrogens is 352 g/mol. The zero-order valence-electron chi connectivity index (χ0n) is 15.4. The summed E-state index contributed by atoms with van der Waals surface area (Å²) in [6.07, 6.45) is 0. The molecule has 2 aromatic rings. The fourth-order valence-corrected chi connectivity index (χ4v) is 3.02. The molecule has 6 nitrogen and oxygen atoms in total. The summed E-state index contributed by atoms with van der Waals surface area (Å²) in [4.78, 5) is 25.5. The van der Waals surface area contributed by atoms with Crippen LogP contribution in [0.4, 0.5) is 5.69 Å². The van der Waals surface area contributed by atoms with Gasteiger partial charge < -0.3 is 20.1 Å². The van der Waals surface area contributed by atoms with Gasteiger partial charge in [0.15, 0.2) is 11.5 Å². The number of rotatable bonds is 8. The van der Waals surface area contributed by atoms with E-state index in [0.717, 1.165) is 0 Å². The minimum atomic E-state index is -0.651. The van der Waals surface area contributed by atoms with Crippen LogP contribution in [0.3, 0.4) is 0 Å². The minimum Gasteiger partial charge on any atom is -0.493 e. The summed E-state index contributed by atoms with van der Waals surface area (Å²) in [5, 5.41) is 7.46. The molecule has 0 saturated heterocycles. The number of carbonyl (C=O) groups excluding carboxylic acids is 2. The zero-order chi connectivity index (χ0) is 19.1. The van der Waals surface area contributed by atoms with Crippen molar-refractivity contribution in [3.05, 3.63) is 40.6 Å². The Labute approximate surface area is 157 Å². The number of hydrogen-bond donors (Lipinski definition) is 2. The van der Waals surface area contributed by atoms with Gasteiger partial charge in [0, 0.05) is 11.8 Å². The maximum absolute atomic E-state index is 12.7. The average Bonchev–Trinajstić information content (AvgIpc) is 3.15. The third kappa shape index (κ3) is 4.98. The minimum absolute atomic E-state index is 0.0662. The van der Waals surface area contributed by atoms with Gasteiger partial charge in [0.1, 0.15) is 6.04 Å². The second-order valence-corrected chi connectivity index (χ2v) is 6.91. The summed E-state index contributed by atoms with van der Waals surface area (Å²) in [5.41, 5.74) is 0.575. The molecule has 0 aliphatic rings. The Morgan fingerprint density at radius 3 is 2.54 bits per heavy atom. The van der Waals surface area contributed by atoms with Gasteiger partial charge in [0.05, 0.1) is 18.6 Å². The SMILES string of the molecule is CCOc1ccc(NC(=O)[C@@H](NC(=O)c2cccs2)C(C)C)cc1OC. The van der Waals surface area contributed by atoms with E-state index < -0.39 is 6.04 Å². The van der Waals surface area contributed by atoms with Gasteiger partial charge >= 0.3 is 0 Å². The predicted octanol–water partition coefficient (Wildman–Crippen LogP) is 3.55.